The monoisotopic (exact) mass is 285 g/mol. The molecule has 0 radical (unpaired) electrons. The molecular formula is C15H11NO3S. The van der Waals surface area contributed by atoms with Crippen LogP contribution in [0, 0.1) is 6.92 Å². The van der Waals surface area contributed by atoms with Gasteiger partial charge in [-0.3, -0.25) is 14.9 Å². The van der Waals surface area contributed by atoms with Crippen molar-refractivity contribution in [3.05, 3.63) is 52.6 Å². The highest BCUT2D eigenvalue weighted by molar-refractivity contribution is 8.18. The summed E-state index contributed by atoms with van der Waals surface area (Å²) in [6, 6.07) is 11.6. The highest BCUT2D eigenvalue weighted by atomic mass is 32.2. The fraction of sp³-hybridized carbons (Fsp3) is 0.0667. The smallest absolute Gasteiger partial charge is 0.290 e. The molecule has 0 aliphatic carbocycles. The number of benzene rings is 1. The number of furan rings is 1. The highest BCUT2D eigenvalue weighted by Gasteiger charge is 2.25. The standard InChI is InChI=1S/C15H11NO3S/c1-9-2-4-10(5-3-9)12-7-6-11(19-12)8-13-14(17)16-15(18)20-13/h2-8H,1H3,(H,16,17,18)/b13-8-. The van der Waals surface area contributed by atoms with Crippen LogP contribution in [-0.4, -0.2) is 11.1 Å². The van der Waals surface area contributed by atoms with Gasteiger partial charge in [0.05, 0.1) is 4.91 Å². The summed E-state index contributed by atoms with van der Waals surface area (Å²) < 4.78 is 5.67. The minimum atomic E-state index is -0.381. The lowest BCUT2D eigenvalue weighted by atomic mass is 10.1. The lowest BCUT2D eigenvalue weighted by molar-refractivity contribution is -0.115. The van der Waals surface area contributed by atoms with Crippen molar-refractivity contribution >= 4 is 29.0 Å². The molecule has 0 bridgehead atoms. The molecule has 1 aromatic carbocycles. The molecule has 0 saturated carbocycles. The maximum absolute atomic E-state index is 11.4. The molecule has 20 heavy (non-hydrogen) atoms. The molecule has 2 aromatic rings. The van der Waals surface area contributed by atoms with Gasteiger partial charge in [0.25, 0.3) is 11.1 Å². The molecule has 3 rings (SSSR count). The minimum absolute atomic E-state index is 0.347. The third-order valence-corrected chi connectivity index (χ3v) is 3.69. The van der Waals surface area contributed by atoms with E-state index in [2.05, 4.69) is 5.32 Å². The molecule has 0 spiro atoms. The lowest BCUT2D eigenvalue weighted by Crippen LogP contribution is -2.17. The van der Waals surface area contributed by atoms with Crippen LogP contribution >= 0.6 is 11.8 Å². The molecule has 2 amide bonds. The van der Waals surface area contributed by atoms with Crippen molar-refractivity contribution in [2.24, 2.45) is 0 Å². The largest absolute Gasteiger partial charge is 0.457 e. The first-order chi connectivity index (χ1) is 9.61. The van der Waals surface area contributed by atoms with Crippen molar-refractivity contribution < 1.29 is 14.0 Å². The Morgan fingerprint density at radius 2 is 1.85 bits per heavy atom. The van der Waals surface area contributed by atoms with E-state index >= 15 is 0 Å². The van der Waals surface area contributed by atoms with Crippen LogP contribution in [0.2, 0.25) is 0 Å². The second-order valence-electron chi connectivity index (χ2n) is 4.42. The van der Waals surface area contributed by atoms with Gasteiger partial charge < -0.3 is 4.42 Å². The lowest BCUT2D eigenvalue weighted by Gasteiger charge is -1.97. The van der Waals surface area contributed by atoms with Crippen LogP contribution in [0.4, 0.5) is 4.79 Å². The van der Waals surface area contributed by atoms with Crippen LogP contribution in [0.15, 0.2) is 45.7 Å². The quantitative estimate of drug-likeness (QED) is 0.857. The zero-order chi connectivity index (χ0) is 14.1. The zero-order valence-corrected chi connectivity index (χ0v) is 11.5. The highest BCUT2D eigenvalue weighted by Crippen LogP contribution is 2.28. The van der Waals surface area contributed by atoms with Gasteiger partial charge in [-0.2, -0.15) is 0 Å². The van der Waals surface area contributed by atoms with Gasteiger partial charge >= 0.3 is 0 Å². The summed E-state index contributed by atoms with van der Waals surface area (Å²) in [6.07, 6.45) is 1.57. The molecule has 0 unspecified atom stereocenters. The molecule has 1 N–H and O–H groups in total. The molecule has 4 nitrogen and oxygen atoms in total. The number of amides is 2. The fourth-order valence-corrected chi connectivity index (χ4v) is 2.52. The van der Waals surface area contributed by atoms with Gasteiger partial charge in [-0.25, -0.2) is 0 Å². The second kappa shape index (κ2) is 5.02. The Morgan fingerprint density at radius 1 is 1.10 bits per heavy atom. The molecule has 1 aliphatic rings. The van der Waals surface area contributed by atoms with Gasteiger partial charge in [0.15, 0.2) is 0 Å². The number of carbonyl (C=O) groups is 2. The summed E-state index contributed by atoms with van der Waals surface area (Å²) in [5, 5.41) is 1.85. The number of rotatable bonds is 2. The van der Waals surface area contributed by atoms with Crippen molar-refractivity contribution in [2.75, 3.05) is 0 Å². The first-order valence-electron chi connectivity index (χ1n) is 6.03. The van der Waals surface area contributed by atoms with Gasteiger partial charge in [-0.15, -0.1) is 0 Å². The van der Waals surface area contributed by atoms with E-state index < -0.39 is 0 Å². The number of thioether (sulfide) groups is 1. The van der Waals surface area contributed by atoms with Crippen molar-refractivity contribution in [1.82, 2.24) is 5.32 Å². The fourth-order valence-electron chi connectivity index (χ4n) is 1.85. The average molecular weight is 285 g/mol. The number of hydrogen-bond acceptors (Lipinski definition) is 4. The van der Waals surface area contributed by atoms with Crippen LogP contribution in [0.3, 0.4) is 0 Å². The van der Waals surface area contributed by atoms with E-state index in [1.165, 1.54) is 5.56 Å². The van der Waals surface area contributed by atoms with Crippen LogP contribution < -0.4 is 5.32 Å². The predicted octanol–water partition coefficient (Wildman–Crippen LogP) is 3.58. The Labute approximate surface area is 119 Å². The Kier molecular flexibility index (Phi) is 3.20. The molecular weight excluding hydrogens is 274 g/mol. The first kappa shape index (κ1) is 12.7. The zero-order valence-electron chi connectivity index (χ0n) is 10.7. The Bertz CT molecular complexity index is 713. The van der Waals surface area contributed by atoms with Gasteiger partial charge in [0.1, 0.15) is 11.5 Å². The van der Waals surface area contributed by atoms with E-state index in [9.17, 15) is 9.59 Å². The molecule has 1 aromatic heterocycles. The van der Waals surface area contributed by atoms with E-state index in [4.69, 9.17) is 4.42 Å². The number of hydrogen-bond donors (Lipinski definition) is 1. The summed E-state index contributed by atoms with van der Waals surface area (Å²) in [4.78, 5) is 22.9. The SMILES string of the molecule is Cc1ccc(-c2ccc(/C=C3\SC(=O)NC3=O)o2)cc1. The molecule has 100 valence electrons. The third-order valence-electron chi connectivity index (χ3n) is 2.88. The van der Waals surface area contributed by atoms with Crippen LogP contribution in [0.25, 0.3) is 17.4 Å². The van der Waals surface area contributed by atoms with Gasteiger partial charge in [-0.05, 0) is 30.8 Å². The van der Waals surface area contributed by atoms with Gasteiger partial charge in [-0.1, -0.05) is 29.8 Å². The summed E-state index contributed by atoms with van der Waals surface area (Å²) in [5.74, 6) is 0.896. The molecule has 1 fully saturated rings. The third kappa shape index (κ3) is 2.53. The van der Waals surface area contributed by atoms with Crippen molar-refractivity contribution in [3.8, 4) is 11.3 Å². The van der Waals surface area contributed by atoms with E-state index in [0.29, 0.717) is 10.7 Å². The Hall–Kier alpha value is -2.27. The number of nitrogens with one attached hydrogen (secondary N) is 1. The number of imide groups is 1. The topological polar surface area (TPSA) is 59.3 Å². The van der Waals surface area contributed by atoms with Crippen molar-refractivity contribution in [1.29, 1.82) is 0 Å². The summed E-state index contributed by atoms with van der Waals surface area (Å²) >= 11 is 0.877. The average Bonchev–Trinajstić information content (AvgIpc) is 2.98. The van der Waals surface area contributed by atoms with E-state index in [0.717, 1.165) is 23.1 Å². The molecule has 1 saturated heterocycles. The second-order valence-corrected chi connectivity index (χ2v) is 5.44. The Morgan fingerprint density at radius 3 is 2.50 bits per heavy atom. The van der Waals surface area contributed by atoms with E-state index in [1.54, 1.807) is 12.1 Å². The maximum Gasteiger partial charge on any atom is 0.290 e. The normalized spacial score (nSPS) is 16.8. The summed E-state index contributed by atoms with van der Waals surface area (Å²) in [6.45, 7) is 2.02. The van der Waals surface area contributed by atoms with Crippen molar-refractivity contribution in [2.45, 2.75) is 6.92 Å². The first-order valence-corrected chi connectivity index (χ1v) is 6.85. The summed E-state index contributed by atoms with van der Waals surface area (Å²) in [5.41, 5.74) is 2.15. The van der Waals surface area contributed by atoms with Gasteiger partial charge in [0, 0.05) is 11.6 Å². The molecule has 1 aliphatic heterocycles. The molecule has 5 heteroatoms. The molecule has 2 heterocycles. The summed E-state index contributed by atoms with van der Waals surface area (Å²) in [7, 11) is 0. The van der Waals surface area contributed by atoms with Crippen LogP contribution in [-0.2, 0) is 4.79 Å². The van der Waals surface area contributed by atoms with Crippen molar-refractivity contribution in [3.63, 3.8) is 0 Å². The van der Waals surface area contributed by atoms with Crippen LogP contribution in [0.1, 0.15) is 11.3 Å². The van der Waals surface area contributed by atoms with Crippen LogP contribution in [0.5, 0.6) is 0 Å². The van der Waals surface area contributed by atoms with E-state index in [1.807, 2.05) is 37.3 Å². The maximum atomic E-state index is 11.4. The number of aryl methyl sites for hydroxylation is 1. The predicted molar refractivity (Wildman–Crippen MR) is 78.0 cm³/mol. The minimum Gasteiger partial charge on any atom is -0.457 e. The Balaban J connectivity index is 1.87. The number of carbonyl (C=O) groups excluding carboxylic acids is 2. The molecule has 0 atom stereocenters. The van der Waals surface area contributed by atoms with E-state index in [-0.39, 0.29) is 11.1 Å². The van der Waals surface area contributed by atoms with Gasteiger partial charge in [0.2, 0.25) is 0 Å².